The summed E-state index contributed by atoms with van der Waals surface area (Å²) in [6.07, 6.45) is 3.87. The van der Waals surface area contributed by atoms with Crippen LogP contribution in [0.4, 0.5) is 17.1 Å². The first-order valence-corrected chi connectivity index (χ1v) is 13.2. The summed E-state index contributed by atoms with van der Waals surface area (Å²) in [4.78, 5) is 27.1. The third kappa shape index (κ3) is 6.76. The number of para-hydroxylation sites is 1. The van der Waals surface area contributed by atoms with Crippen LogP contribution in [0.3, 0.4) is 0 Å². The molecule has 0 aliphatic carbocycles. The average molecular weight is 498 g/mol. The minimum Gasteiger partial charge on any atom is -0.363 e. The van der Waals surface area contributed by atoms with Crippen molar-refractivity contribution in [3.8, 4) is 0 Å². The number of carbonyl (C=O) groups excluding carboxylic acids is 2. The van der Waals surface area contributed by atoms with Gasteiger partial charge in [-0.15, -0.1) is 0 Å². The molecule has 2 amide bonds. The second kappa shape index (κ2) is 12.0. The van der Waals surface area contributed by atoms with Crippen LogP contribution in [0.1, 0.15) is 36.8 Å². The first-order valence-electron chi connectivity index (χ1n) is 13.2. The van der Waals surface area contributed by atoms with Crippen molar-refractivity contribution in [2.24, 2.45) is 0 Å². The van der Waals surface area contributed by atoms with E-state index >= 15 is 0 Å². The van der Waals surface area contributed by atoms with Gasteiger partial charge in [0.05, 0.1) is 12.1 Å². The molecule has 3 aromatic rings. The Labute approximate surface area is 218 Å². The lowest BCUT2D eigenvalue weighted by Crippen LogP contribution is -2.35. The van der Waals surface area contributed by atoms with Crippen molar-refractivity contribution in [1.29, 1.82) is 0 Å². The largest absolute Gasteiger partial charge is 0.363 e. The molecular formula is C30H35N5O2. The van der Waals surface area contributed by atoms with E-state index in [2.05, 4.69) is 62.6 Å². The highest BCUT2D eigenvalue weighted by Gasteiger charge is 2.22. The summed E-state index contributed by atoms with van der Waals surface area (Å²) in [5.74, 6) is 0.0746. The minimum absolute atomic E-state index is 0.0373. The van der Waals surface area contributed by atoms with Gasteiger partial charge in [0.15, 0.2) is 0 Å². The Hall–Kier alpha value is -3.68. The molecule has 2 saturated heterocycles. The van der Waals surface area contributed by atoms with Gasteiger partial charge in [-0.1, -0.05) is 42.5 Å². The number of carbonyl (C=O) groups is 2. The number of amides is 2. The fourth-order valence-electron chi connectivity index (χ4n) is 4.98. The number of nitrogens with one attached hydrogen (secondary N) is 4. The van der Waals surface area contributed by atoms with Gasteiger partial charge in [0.2, 0.25) is 11.8 Å². The lowest BCUT2D eigenvalue weighted by molar-refractivity contribution is -0.118. The van der Waals surface area contributed by atoms with Crippen LogP contribution < -0.4 is 26.2 Å². The SMILES string of the molecule is O=C(Nc1ccc(CN(Cc2ccc(NC(=O)[C@@H]3CCCN3)cc2)c2ccccc2)cc1)[C@@H]1CCCN1. The lowest BCUT2D eigenvalue weighted by atomic mass is 10.1. The minimum atomic E-state index is -0.0904. The summed E-state index contributed by atoms with van der Waals surface area (Å²) in [6, 6.07) is 26.4. The monoisotopic (exact) mass is 497 g/mol. The highest BCUT2D eigenvalue weighted by molar-refractivity contribution is 5.95. The normalized spacial score (nSPS) is 18.9. The van der Waals surface area contributed by atoms with E-state index in [0.29, 0.717) is 0 Å². The van der Waals surface area contributed by atoms with Crippen molar-refractivity contribution in [3.63, 3.8) is 0 Å². The van der Waals surface area contributed by atoms with E-state index in [0.717, 1.165) is 80.1 Å². The number of rotatable bonds is 9. The molecule has 0 radical (unpaired) electrons. The average Bonchev–Trinajstić information content (AvgIpc) is 3.66. The summed E-state index contributed by atoms with van der Waals surface area (Å²) in [6.45, 7) is 3.27. The Kier molecular flexibility index (Phi) is 8.13. The smallest absolute Gasteiger partial charge is 0.241 e. The van der Waals surface area contributed by atoms with Crippen molar-refractivity contribution in [2.75, 3.05) is 28.6 Å². The van der Waals surface area contributed by atoms with Crippen molar-refractivity contribution in [2.45, 2.75) is 50.9 Å². The van der Waals surface area contributed by atoms with Gasteiger partial charge in [-0.3, -0.25) is 9.59 Å². The molecule has 0 bridgehead atoms. The first-order chi connectivity index (χ1) is 18.1. The quantitative estimate of drug-likeness (QED) is 0.355. The molecule has 0 spiro atoms. The predicted molar refractivity (Wildman–Crippen MR) is 149 cm³/mol. The molecule has 0 unspecified atom stereocenters. The number of nitrogens with zero attached hydrogens (tertiary/aromatic N) is 1. The van der Waals surface area contributed by atoms with Crippen LogP contribution in [-0.4, -0.2) is 37.0 Å². The second-order valence-electron chi connectivity index (χ2n) is 9.86. The zero-order valence-corrected chi connectivity index (χ0v) is 21.1. The molecule has 0 aromatic heterocycles. The maximum atomic E-state index is 12.4. The maximum Gasteiger partial charge on any atom is 0.241 e. The summed E-state index contributed by atoms with van der Waals surface area (Å²) in [5, 5.41) is 12.5. The van der Waals surface area contributed by atoms with E-state index in [-0.39, 0.29) is 23.9 Å². The van der Waals surface area contributed by atoms with Gasteiger partial charge in [-0.2, -0.15) is 0 Å². The number of anilines is 3. The molecule has 2 aliphatic rings. The fourth-order valence-corrected chi connectivity index (χ4v) is 4.98. The van der Waals surface area contributed by atoms with Crippen molar-refractivity contribution < 1.29 is 9.59 Å². The number of hydrogen-bond donors (Lipinski definition) is 4. The van der Waals surface area contributed by atoms with Crippen LogP contribution in [0.2, 0.25) is 0 Å². The van der Waals surface area contributed by atoms with Gasteiger partial charge in [0, 0.05) is 30.2 Å². The molecule has 7 heteroatoms. The van der Waals surface area contributed by atoms with Crippen LogP contribution in [0, 0.1) is 0 Å². The molecule has 0 saturated carbocycles. The van der Waals surface area contributed by atoms with E-state index in [1.165, 1.54) is 0 Å². The van der Waals surface area contributed by atoms with Gasteiger partial charge in [-0.05, 0) is 86.3 Å². The molecule has 5 rings (SSSR count). The van der Waals surface area contributed by atoms with Crippen LogP contribution in [0.15, 0.2) is 78.9 Å². The number of benzene rings is 3. The highest BCUT2D eigenvalue weighted by Crippen LogP contribution is 2.22. The molecule has 2 heterocycles. The van der Waals surface area contributed by atoms with Crippen LogP contribution in [0.25, 0.3) is 0 Å². The molecule has 2 fully saturated rings. The third-order valence-electron chi connectivity index (χ3n) is 7.06. The zero-order valence-electron chi connectivity index (χ0n) is 21.1. The van der Waals surface area contributed by atoms with E-state index in [1.54, 1.807) is 0 Å². The molecule has 2 atom stereocenters. The molecular weight excluding hydrogens is 462 g/mol. The van der Waals surface area contributed by atoms with Crippen LogP contribution in [0.5, 0.6) is 0 Å². The molecule has 7 nitrogen and oxygen atoms in total. The van der Waals surface area contributed by atoms with Gasteiger partial charge in [-0.25, -0.2) is 0 Å². The van der Waals surface area contributed by atoms with Crippen molar-refractivity contribution >= 4 is 28.9 Å². The third-order valence-corrected chi connectivity index (χ3v) is 7.06. The molecule has 3 aromatic carbocycles. The van der Waals surface area contributed by atoms with Crippen LogP contribution in [-0.2, 0) is 22.7 Å². The lowest BCUT2D eigenvalue weighted by Gasteiger charge is -2.25. The second-order valence-corrected chi connectivity index (χ2v) is 9.86. The maximum absolute atomic E-state index is 12.4. The van der Waals surface area contributed by atoms with E-state index in [4.69, 9.17) is 0 Å². The summed E-state index contributed by atoms with van der Waals surface area (Å²) in [5.41, 5.74) is 5.10. The van der Waals surface area contributed by atoms with E-state index in [1.807, 2.05) is 42.5 Å². The first kappa shape index (κ1) is 25.0. The Morgan fingerprint density at radius 3 is 1.54 bits per heavy atom. The van der Waals surface area contributed by atoms with Crippen LogP contribution >= 0.6 is 0 Å². The fraction of sp³-hybridized carbons (Fsp3) is 0.333. The standard InChI is InChI=1S/C30H35N5O2/c36-29(27-8-4-18-31-27)33-24-14-10-22(11-15-24)20-35(26-6-2-1-3-7-26)21-23-12-16-25(17-13-23)34-30(37)28-9-5-19-32-28/h1-3,6-7,10-17,27-28,31-32H,4-5,8-9,18-21H2,(H,33,36)(H,34,37)/t27-,28-/m0/s1. The summed E-state index contributed by atoms with van der Waals surface area (Å²) >= 11 is 0. The number of hydrogen-bond acceptors (Lipinski definition) is 5. The molecule has 2 aliphatic heterocycles. The molecule has 37 heavy (non-hydrogen) atoms. The Morgan fingerprint density at radius 1 is 0.676 bits per heavy atom. The topological polar surface area (TPSA) is 85.5 Å². The van der Waals surface area contributed by atoms with E-state index < -0.39 is 0 Å². The van der Waals surface area contributed by atoms with Gasteiger partial charge in [0.25, 0.3) is 0 Å². The van der Waals surface area contributed by atoms with Gasteiger partial charge < -0.3 is 26.2 Å². The Balaban J connectivity index is 1.23. The molecule has 4 N–H and O–H groups in total. The van der Waals surface area contributed by atoms with Crippen molar-refractivity contribution in [3.05, 3.63) is 90.0 Å². The van der Waals surface area contributed by atoms with Gasteiger partial charge in [0.1, 0.15) is 0 Å². The Bertz CT molecular complexity index is 1090. The van der Waals surface area contributed by atoms with Crippen molar-refractivity contribution in [1.82, 2.24) is 10.6 Å². The predicted octanol–water partition coefficient (Wildman–Crippen LogP) is 4.27. The highest BCUT2D eigenvalue weighted by atomic mass is 16.2. The zero-order chi connectivity index (χ0) is 25.5. The molecule has 192 valence electrons. The summed E-state index contributed by atoms with van der Waals surface area (Å²) < 4.78 is 0. The van der Waals surface area contributed by atoms with E-state index in [9.17, 15) is 9.59 Å². The summed E-state index contributed by atoms with van der Waals surface area (Å²) in [7, 11) is 0. The van der Waals surface area contributed by atoms with Gasteiger partial charge >= 0.3 is 0 Å². The Morgan fingerprint density at radius 2 is 1.14 bits per heavy atom.